The molecule has 1 N–H and O–H groups in total. The third kappa shape index (κ3) is 5.65. The maximum absolute atomic E-state index is 12.6. The van der Waals surface area contributed by atoms with E-state index in [1.54, 1.807) is 4.90 Å². The molecule has 2 heterocycles. The van der Waals surface area contributed by atoms with Gasteiger partial charge in [-0.2, -0.15) is 0 Å². The van der Waals surface area contributed by atoms with Gasteiger partial charge in [0.25, 0.3) is 0 Å². The Bertz CT molecular complexity index is 428. The van der Waals surface area contributed by atoms with Gasteiger partial charge < -0.3 is 19.9 Å². The largest absolute Gasteiger partial charge is 0.378 e. The molecule has 2 fully saturated rings. The summed E-state index contributed by atoms with van der Waals surface area (Å²) in [4.78, 5) is 28.4. The molecule has 0 aliphatic carbocycles. The molecule has 138 valence electrons. The molecule has 0 bridgehead atoms. The number of carbonyl (C=O) groups excluding carboxylic acids is 2. The summed E-state index contributed by atoms with van der Waals surface area (Å²) in [5.74, 6) is 0.659. The minimum atomic E-state index is -0.100. The molecule has 0 saturated carbocycles. The number of urea groups is 1. The van der Waals surface area contributed by atoms with E-state index in [-0.39, 0.29) is 30.6 Å². The van der Waals surface area contributed by atoms with Crippen molar-refractivity contribution in [3.8, 4) is 0 Å². The highest BCUT2D eigenvalue weighted by molar-refractivity contribution is 5.84. The highest BCUT2D eigenvalue weighted by Gasteiger charge is 2.28. The number of rotatable bonds is 5. The average molecular weight is 339 g/mol. The molecule has 6 nitrogen and oxygen atoms in total. The van der Waals surface area contributed by atoms with Crippen LogP contribution in [0.5, 0.6) is 0 Å². The Kier molecular flexibility index (Phi) is 7.34. The molecule has 2 rings (SSSR count). The number of hydrogen-bond acceptors (Lipinski definition) is 3. The van der Waals surface area contributed by atoms with Gasteiger partial charge in [-0.05, 0) is 38.0 Å². The zero-order chi connectivity index (χ0) is 17.5. The van der Waals surface area contributed by atoms with Gasteiger partial charge in [0.2, 0.25) is 5.91 Å². The van der Waals surface area contributed by atoms with Crippen molar-refractivity contribution < 1.29 is 14.3 Å². The van der Waals surface area contributed by atoms with Crippen molar-refractivity contribution in [1.29, 1.82) is 0 Å². The zero-order valence-electron chi connectivity index (χ0n) is 15.4. The quantitative estimate of drug-likeness (QED) is 0.835. The van der Waals surface area contributed by atoms with E-state index in [1.807, 2.05) is 4.90 Å². The van der Waals surface area contributed by atoms with Crippen molar-refractivity contribution >= 4 is 11.9 Å². The monoisotopic (exact) mass is 339 g/mol. The Hall–Kier alpha value is -1.30. The van der Waals surface area contributed by atoms with Gasteiger partial charge in [0, 0.05) is 32.3 Å². The molecule has 2 saturated heterocycles. The van der Waals surface area contributed by atoms with E-state index < -0.39 is 0 Å². The number of hydrogen-bond donors (Lipinski definition) is 1. The number of carbonyl (C=O) groups is 2. The molecule has 24 heavy (non-hydrogen) atoms. The van der Waals surface area contributed by atoms with E-state index in [1.165, 1.54) is 0 Å². The van der Waals surface area contributed by atoms with Gasteiger partial charge in [0.05, 0.1) is 6.10 Å². The predicted octanol–water partition coefficient (Wildman–Crippen LogP) is 2.23. The number of nitrogens with one attached hydrogen (secondary N) is 1. The molecule has 0 aromatic carbocycles. The fraction of sp³-hybridized carbons (Fsp3) is 0.889. The summed E-state index contributed by atoms with van der Waals surface area (Å²) < 4.78 is 5.80. The summed E-state index contributed by atoms with van der Waals surface area (Å²) in [6.07, 6.45) is 4.79. The van der Waals surface area contributed by atoms with Crippen LogP contribution in [0.25, 0.3) is 0 Å². The highest BCUT2D eigenvalue weighted by Crippen LogP contribution is 2.20. The lowest BCUT2D eigenvalue weighted by Gasteiger charge is -2.32. The molecule has 3 amide bonds. The van der Waals surface area contributed by atoms with Crippen molar-refractivity contribution in [3.05, 3.63) is 0 Å². The number of ether oxygens (including phenoxy) is 1. The SMILES string of the molecule is CCCN1CCCN(C(=O)NC2CCOC(CC(C)C)C2)CC1=O. The molecule has 2 unspecified atom stereocenters. The standard InChI is InChI=1S/C18H33N3O3/c1-4-7-20-8-5-9-21(13-17(20)22)18(23)19-15-6-10-24-16(12-15)11-14(2)3/h14-16H,4-13H2,1-3H3,(H,19,23). The topological polar surface area (TPSA) is 61.9 Å². The van der Waals surface area contributed by atoms with Crippen LogP contribution < -0.4 is 5.32 Å². The molecule has 2 atom stereocenters. The van der Waals surface area contributed by atoms with Crippen molar-refractivity contribution in [3.63, 3.8) is 0 Å². The summed E-state index contributed by atoms with van der Waals surface area (Å²) in [6, 6.07) is 0.0528. The Morgan fingerprint density at radius 3 is 2.88 bits per heavy atom. The third-order valence-corrected chi connectivity index (χ3v) is 4.74. The van der Waals surface area contributed by atoms with Crippen LogP contribution in [0.2, 0.25) is 0 Å². The summed E-state index contributed by atoms with van der Waals surface area (Å²) in [5, 5.41) is 3.12. The Morgan fingerprint density at radius 1 is 1.38 bits per heavy atom. The lowest BCUT2D eigenvalue weighted by Crippen LogP contribution is -2.50. The first-order valence-electron chi connectivity index (χ1n) is 9.44. The van der Waals surface area contributed by atoms with Gasteiger partial charge in [-0.3, -0.25) is 4.79 Å². The summed E-state index contributed by atoms with van der Waals surface area (Å²) >= 11 is 0. The Labute approximate surface area is 145 Å². The summed E-state index contributed by atoms with van der Waals surface area (Å²) in [5.41, 5.74) is 0. The van der Waals surface area contributed by atoms with Crippen molar-refractivity contribution in [2.24, 2.45) is 5.92 Å². The van der Waals surface area contributed by atoms with Crippen molar-refractivity contribution in [2.45, 2.75) is 65.0 Å². The smallest absolute Gasteiger partial charge is 0.318 e. The highest BCUT2D eigenvalue weighted by atomic mass is 16.5. The molecule has 0 radical (unpaired) electrons. The lowest BCUT2D eigenvalue weighted by molar-refractivity contribution is -0.130. The van der Waals surface area contributed by atoms with Crippen LogP contribution >= 0.6 is 0 Å². The van der Waals surface area contributed by atoms with Gasteiger partial charge >= 0.3 is 6.03 Å². The van der Waals surface area contributed by atoms with Crippen LogP contribution in [0.4, 0.5) is 4.79 Å². The second-order valence-corrected chi connectivity index (χ2v) is 7.45. The van der Waals surface area contributed by atoms with Crippen LogP contribution in [0, 0.1) is 5.92 Å². The Balaban J connectivity index is 1.84. The average Bonchev–Trinajstić information content (AvgIpc) is 2.70. The van der Waals surface area contributed by atoms with E-state index in [0.29, 0.717) is 19.1 Å². The lowest BCUT2D eigenvalue weighted by atomic mass is 9.96. The van der Waals surface area contributed by atoms with Gasteiger partial charge in [-0.25, -0.2) is 4.79 Å². The van der Waals surface area contributed by atoms with Crippen molar-refractivity contribution in [1.82, 2.24) is 15.1 Å². The third-order valence-electron chi connectivity index (χ3n) is 4.74. The first-order chi connectivity index (χ1) is 11.5. The van der Waals surface area contributed by atoms with Crippen LogP contribution in [-0.2, 0) is 9.53 Å². The molecule has 0 aromatic rings. The van der Waals surface area contributed by atoms with E-state index >= 15 is 0 Å². The normalized spacial score (nSPS) is 25.8. The zero-order valence-corrected chi connectivity index (χ0v) is 15.4. The van der Waals surface area contributed by atoms with Gasteiger partial charge in [0.15, 0.2) is 0 Å². The maximum atomic E-state index is 12.6. The van der Waals surface area contributed by atoms with E-state index in [0.717, 1.165) is 45.2 Å². The van der Waals surface area contributed by atoms with E-state index in [2.05, 4.69) is 26.1 Å². The predicted molar refractivity (Wildman–Crippen MR) is 93.8 cm³/mol. The molecule has 6 heteroatoms. The Morgan fingerprint density at radius 2 is 2.17 bits per heavy atom. The van der Waals surface area contributed by atoms with Crippen LogP contribution in [0.1, 0.15) is 52.9 Å². The van der Waals surface area contributed by atoms with Crippen molar-refractivity contribution in [2.75, 3.05) is 32.8 Å². The van der Waals surface area contributed by atoms with Crippen LogP contribution in [0.3, 0.4) is 0 Å². The molecular weight excluding hydrogens is 306 g/mol. The summed E-state index contributed by atoms with van der Waals surface area (Å²) in [7, 11) is 0. The second-order valence-electron chi connectivity index (χ2n) is 7.45. The fourth-order valence-corrected chi connectivity index (χ4v) is 3.57. The minimum absolute atomic E-state index is 0.0640. The summed E-state index contributed by atoms with van der Waals surface area (Å²) in [6.45, 7) is 9.54. The van der Waals surface area contributed by atoms with Gasteiger partial charge in [-0.1, -0.05) is 20.8 Å². The first kappa shape index (κ1) is 19.0. The molecular formula is C18H33N3O3. The molecule has 2 aliphatic heterocycles. The van der Waals surface area contributed by atoms with E-state index in [4.69, 9.17) is 4.74 Å². The van der Waals surface area contributed by atoms with Gasteiger partial charge in [-0.15, -0.1) is 0 Å². The molecule has 0 spiro atoms. The van der Waals surface area contributed by atoms with Gasteiger partial charge in [0.1, 0.15) is 6.54 Å². The molecule has 0 aromatic heterocycles. The number of amides is 3. The fourth-order valence-electron chi connectivity index (χ4n) is 3.57. The maximum Gasteiger partial charge on any atom is 0.318 e. The van der Waals surface area contributed by atoms with Crippen LogP contribution in [0.15, 0.2) is 0 Å². The minimum Gasteiger partial charge on any atom is -0.378 e. The second kappa shape index (κ2) is 9.25. The van der Waals surface area contributed by atoms with E-state index in [9.17, 15) is 9.59 Å². The first-order valence-corrected chi connectivity index (χ1v) is 9.44. The number of nitrogens with zero attached hydrogens (tertiary/aromatic N) is 2. The van der Waals surface area contributed by atoms with Crippen LogP contribution in [-0.4, -0.2) is 66.7 Å². The molecule has 2 aliphatic rings.